The van der Waals surface area contributed by atoms with Gasteiger partial charge in [-0.2, -0.15) is 0 Å². The first kappa shape index (κ1) is 14.9. The van der Waals surface area contributed by atoms with Crippen LogP contribution in [0.5, 0.6) is 0 Å². The summed E-state index contributed by atoms with van der Waals surface area (Å²) in [5, 5.41) is 2.70. The maximum atomic E-state index is 11.8. The van der Waals surface area contributed by atoms with Gasteiger partial charge < -0.3 is 11.1 Å². The monoisotopic (exact) mass is 268 g/mol. The van der Waals surface area contributed by atoms with Gasteiger partial charge in [-0.25, -0.2) is 0 Å². The molecule has 0 aliphatic rings. The third-order valence-corrected chi connectivity index (χ3v) is 3.77. The molecule has 0 bridgehead atoms. The lowest BCUT2D eigenvalue weighted by Gasteiger charge is -2.11. The number of nitrogens with two attached hydrogens (primary N) is 1. The summed E-state index contributed by atoms with van der Waals surface area (Å²) in [4.78, 5) is 11.4. The predicted octanol–water partition coefficient (Wildman–Crippen LogP) is 0.961. The predicted molar refractivity (Wildman–Crippen MR) is 74.5 cm³/mol. The van der Waals surface area contributed by atoms with E-state index in [1.54, 1.807) is 0 Å². The van der Waals surface area contributed by atoms with Crippen LogP contribution in [0.25, 0.3) is 0 Å². The van der Waals surface area contributed by atoms with Gasteiger partial charge in [0.05, 0.1) is 0 Å². The fourth-order valence-corrected chi connectivity index (χ4v) is 2.62. The molecule has 1 rings (SSSR count). The van der Waals surface area contributed by atoms with Crippen molar-refractivity contribution < 1.29 is 9.00 Å². The van der Waals surface area contributed by atoms with Crippen molar-refractivity contribution in [2.75, 3.05) is 18.1 Å². The van der Waals surface area contributed by atoms with Gasteiger partial charge in [-0.05, 0) is 12.0 Å². The molecule has 0 aliphatic carbocycles. The van der Waals surface area contributed by atoms with Crippen molar-refractivity contribution in [1.29, 1.82) is 0 Å². The molecule has 0 aliphatic heterocycles. The Morgan fingerprint density at radius 3 is 2.67 bits per heavy atom. The molecule has 0 heterocycles. The zero-order valence-corrected chi connectivity index (χ0v) is 11.4. The number of carbonyl (C=O) groups excluding carboxylic acids is 1. The standard InChI is InChI=1S/C13H20N2O2S/c1-2-8-15-13(16)10-18(17)9-12(14)11-6-4-3-5-7-11/h3-7,12H,2,8-10,14H2,1H3,(H,15,16). The van der Waals surface area contributed by atoms with Crippen molar-refractivity contribution in [3.05, 3.63) is 35.9 Å². The van der Waals surface area contributed by atoms with Crippen LogP contribution in [0.2, 0.25) is 0 Å². The van der Waals surface area contributed by atoms with Gasteiger partial charge in [-0.15, -0.1) is 0 Å². The van der Waals surface area contributed by atoms with Crippen LogP contribution in [0.1, 0.15) is 24.9 Å². The molecule has 0 spiro atoms. The van der Waals surface area contributed by atoms with E-state index in [0.717, 1.165) is 12.0 Å². The maximum Gasteiger partial charge on any atom is 0.232 e. The van der Waals surface area contributed by atoms with Crippen LogP contribution in [0, 0.1) is 0 Å². The van der Waals surface area contributed by atoms with E-state index in [0.29, 0.717) is 12.3 Å². The van der Waals surface area contributed by atoms with Gasteiger partial charge in [0.2, 0.25) is 5.91 Å². The molecule has 18 heavy (non-hydrogen) atoms. The van der Waals surface area contributed by atoms with Gasteiger partial charge in [-0.1, -0.05) is 37.3 Å². The van der Waals surface area contributed by atoms with Gasteiger partial charge in [0, 0.05) is 29.1 Å². The van der Waals surface area contributed by atoms with Crippen molar-refractivity contribution in [3.8, 4) is 0 Å². The number of carbonyl (C=O) groups is 1. The molecule has 0 aromatic heterocycles. The molecule has 4 nitrogen and oxygen atoms in total. The van der Waals surface area contributed by atoms with E-state index in [2.05, 4.69) is 5.32 Å². The Morgan fingerprint density at radius 1 is 1.39 bits per heavy atom. The van der Waals surface area contributed by atoms with E-state index in [4.69, 9.17) is 5.73 Å². The van der Waals surface area contributed by atoms with E-state index in [1.807, 2.05) is 37.3 Å². The van der Waals surface area contributed by atoms with Crippen molar-refractivity contribution in [2.45, 2.75) is 19.4 Å². The van der Waals surface area contributed by atoms with Crippen LogP contribution >= 0.6 is 0 Å². The summed E-state index contributed by atoms with van der Waals surface area (Å²) in [6.07, 6.45) is 0.877. The van der Waals surface area contributed by atoms with Crippen molar-refractivity contribution in [3.63, 3.8) is 0 Å². The average Bonchev–Trinajstić information content (AvgIpc) is 2.37. The largest absolute Gasteiger partial charge is 0.355 e. The highest BCUT2D eigenvalue weighted by atomic mass is 32.2. The van der Waals surface area contributed by atoms with Gasteiger partial charge >= 0.3 is 0 Å². The molecule has 0 fully saturated rings. The molecule has 0 saturated heterocycles. The Labute approximate surface area is 110 Å². The molecule has 0 saturated carbocycles. The number of benzene rings is 1. The van der Waals surface area contributed by atoms with Crippen LogP contribution in [-0.2, 0) is 15.6 Å². The molecule has 1 amide bonds. The Hall–Kier alpha value is -1.20. The summed E-state index contributed by atoms with van der Waals surface area (Å²) in [5.41, 5.74) is 6.89. The number of hydrogen-bond acceptors (Lipinski definition) is 3. The lowest BCUT2D eigenvalue weighted by atomic mass is 10.1. The second kappa shape index (κ2) is 8.00. The highest BCUT2D eigenvalue weighted by Crippen LogP contribution is 2.10. The molecular weight excluding hydrogens is 248 g/mol. The van der Waals surface area contributed by atoms with Crippen LogP contribution in [0.15, 0.2) is 30.3 Å². The molecule has 2 atom stereocenters. The number of rotatable bonds is 7. The molecule has 100 valence electrons. The van der Waals surface area contributed by atoms with Crippen molar-refractivity contribution >= 4 is 16.7 Å². The Morgan fingerprint density at radius 2 is 2.06 bits per heavy atom. The van der Waals surface area contributed by atoms with Gasteiger partial charge in [0.15, 0.2) is 0 Å². The van der Waals surface area contributed by atoms with E-state index in [9.17, 15) is 9.00 Å². The first-order valence-electron chi connectivity index (χ1n) is 6.05. The third kappa shape index (κ3) is 5.42. The van der Waals surface area contributed by atoms with Gasteiger partial charge in [0.25, 0.3) is 0 Å². The first-order valence-corrected chi connectivity index (χ1v) is 7.54. The van der Waals surface area contributed by atoms with E-state index in [-0.39, 0.29) is 17.7 Å². The Kier molecular flexibility index (Phi) is 6.60. The smallest absolute Gasteiger partial charge is 0.232 e. The second-order valence-corrected chi connectivity index (χ2v) is 5.62. The molecule has 2 unspecified atom stereocenters. The topological polar surface area (TPSA) is 72.2 Å². The molecule has 1 aromatic carbocycles. The first-order chi connectivity index (χ1) is 8.63. The second-order valence-electron chi connectivity index (χ2n) is 4.12. The quantitative estimate of drug-likeness (QED) is 0.773. The fraction of sp³-hybridized carbons (Fsp3) is 0.462. The highest BCUT2D eigenvalue weighted by Gasteiger charge is 2.13. The molecule has 1 aromatic rings. The summed E-state index contributed by atoms with van der Waals surface area (Å²) in [6.45, 7) is 2.60. The van der Waals surface area contributed by atoms with Crippen LogP contribution in [0.3, 0.4) is 0 Å². The van der Waals surface area contributed by atoms with Crippen molar-refractivity contribution in [1.82, 2.24) is 5.32 Å². The SMILES string of the molecule is CCCNC(=O)CS(=O)CC(N)c1ccccc1. The van der Waals surface area contributed by atoms with E-state index >= 15 is 0 Å². The summed E-state index contributed by atoms with van der Waals surface area (Å²) >= 11 is 0. The summed E-state index contributed by atoms with van der Waals surface area (Å²) in [7, 11) is -1.22. The van der Waals surface area contributed by atoms with Crippen molar-refractivity contribution in [2.24, 2.45) is 5.73 Å². The Balaban J connectivity index is 2.38. The average molecular weight is 268 g/mol. The van der Waals surface area contributed by atoms with Crippen LogP contribution in [0.4, 0.5) is 0 Å². The zero-order chi connectivity index (χ0) is 13.4. The molecule has 0 radical (unpaired) electrons. The minimum atomic E-state index is -1.22. The molecular formula is C13H20N2O2S. The van der Waals surface area contributed by atoms with Crippen LogP contribution < -0.4 is 11.1 Å². The maximum absolute atomic E-state index is 11.8. The van der Waals surface area contributed by atoms with Crippen LogP contribution in [-0.4, -0.2) is 28.2 Å². The Bertz CT molecular complexity index is 395. The summed E-state index contributed by atoms with van der Waals surface area (Å²) in [5.74, 6) is 0.167. The summed E-state index contributed by atoms with van der Waals surface area (Å²) in [6, 6.07) is 9.22. The normalized spacial score (nSPS) is 13.9. The van der Waals surface area contributed by atoms with Gasteiger partial charge in [0.1, 0.15) is 5.75 Å². The lowest BCUT2D eigenvalue weighted by Crippen LogP contribution is -2.31. The van der Waals surface area contributed by atoms with E-state index < -0.39 is 10.8 Å². The highest BCUT2D eigenvalue weighted by molar-refractivity contribution is 7.85. The minimum absolute atomic E-state index is 0.0283. The molecule has 5 heteroatoms. The fourth-order valence-electron chi connectivity index (χ4n) is 1.52. The zero-order valence-electron chi connectivity index (χ0n) is 10.6. The number of amides is 1. The third-order valence-electron chi connectivity index (χ3n) is 2.46. The van der Waals surface area contributed by atoms with E-state index in [1.165, 1.54) is 0 Å². The number of nitrogens with one attached hydrogen (secondary N) is 1. The lowest BCUT2D eigenvalue weighted by molar-refractivity contribution is -0.118. The van der Waals surface area contributed by atoms with Gasteiger partial charge in [-0.3, -0.25) is 9.00 Å². The summed E-state index contributed by atoms with van der Waals surface area (Å²) < 4.78 is 11.8. The molecule has 3 N–H and O–H groups in total. The number of hydrogen-bond donors (Lipinski definition) is 2. The minimum Gasteiger partial charge on any atom is -0.355 e.